The highest BCUT2D eigenvalue weighted by Gasteiger charge is 2.10. The number of rotatable bonds is 5. The number of amides is 1. The van der Waals surface area contributed by atoms with Gasteiger partial charge in [-0.05, 0) is 54.1 Å². The zero-order valence-corrected chi connectivity index (χ0v) is 16.4. The zero-order chi connectivity index (χ0) is 20.1. The van der Waals surface area contributed by atoms with Crippen LogP contribution in [-0.2, 0) is 9.53 Å². The molecule has 2 N–H and O–H groups in total. The van der Waals surface area contributed by atoms with Gasteiger partial charge in [-0.25, -0.2) is 4.98 Å². The van der Waals surface area contributed by atoms with Crippen LogP contribution in [0.4, 0.5) is 22.9 Å². The molecule has 2 aromatic carbocycles. The third-order valence-electron chi connectivity index (χ3n) is 4.82. The number of hydrogen-bond acceptors (Lipinski definition) is 5. The Kier molecular flexibility index (Phi) is 5.72. The molecule has 1 aliphatic rings. The number of benzene rings is 2. The normalized spacial score (nSPS) is 13.8. The predicted molar refractivity (Wildman–Crippen MR) is 117 cm³/mol. The third kappa shape index (κ3) is 4.92. The molecule has 1 fully saturated rings. The van der Waals surface area contributed by atoms with Gasteiger partial charge in [-0.15, -0.1) is 0 Å². The molecule has 1 aliphatic heterocycles. The monoisotopic (exact) mass is 388 g/mol. The summed E-state index contributed by atoms with van der Waals surface area (Å²) in [7, 11) is 0. The Labute approximate surface area is 170 Å². The number of nitrogens with zero attached hydrogens (tertiary/aromatic N) is 2. The molecule has 0 atom stereocenters. The Bertz CT molecular complexity index is 948. The molecule has 1 aromatic heterocycles. The standard InChI is InChI=1S/C23H24N4O2/c1-17(28)25-20-5-2-18(3-6-20)19-4-11-23(24-16-19)26-21-7-9-22(10-8-21)27-12-14-29-15-13-27/h2-11,16H,12-15H2,1H3,(H,24,26)(H,25,28). The second kappa shape index (κ2) is 8.75. The van der Waals surface area contributed by atoms with Crippen LogP contribution in [0.3, 0.4) is 0 Å². The number of nitrogens with one attached hydrogen (secondary N) is 2. The van der Waals surface area contributed by atoms with Crippen molar-refractivity contribution in [3.63, 3.8) is 0 Å². The van der Waals surface area contributed by atoms with Crippen molar-refractivity contribution in [3.05, 3.63) is 66.9 Å². The molecule has 1 saturated heterocycles. The van der Waals surface area contributed by atoms with Crippen LogP contribution >= 0.6 is 0 Å². The number of carbonyl (C=O) groups is 1. The Morgan fingerprint density at radius 1 is 0.897 bits per heavy atom. The molecule has 3 aromatic rings. The first-order chi connectivity index (χ1) is 14.2. The van der Waals surface area contributed by atoms with Gasteiger partial charge in [0.05, 0.1) is 13.2 Å². The number of carbonyl (C=O) groups excluding carboxylic acids is 1. The summed E-state index contributed by atoms with van der Waals surface area (Å²) in [5.74, 6) is 0.718. The minimum Gasteiger partial charge on any atom is -0.378 e. The predicted octanol–water partition coefficient (Wildman–Crippen LogP) is 4.29. The fourth-order valence-electron chi connectivity index (χ4n) is 3.31. The summed E-state index contributed by atoms with van der Waals surface area (Å²) in [5, 5.41) is 6.11. The van der Waals surface area contributed by atoms with Crippen molar-refractivity contribution in [2.45, 2.75) is 6.92 Å². The van der Waals surface area contributed by atoms with E-state index in [2.05, 4.69) is 44.8 Å². The maximum atomic E-state index is 11.1. The number of hydrogen-bond donors (Lipinski definition) is 2. The van der Waals surface area contributed by atoms with E-state index in [9.17, 15) is 4.79 Å². The maximum Gasteiger partial charge on any atom is 0.221 e. The van der Waals surface area contributed by atoms with Crippen LogP contribution in [0.15, 0.2) is 66.9 Å². The van der Waals surface area contributed by atoms with Crippen molar-refractivity contribution in [1.29, 1.82) is 0 Å². The highest BCUT2D eigenvalue weighted by Crippen LogP contribution is 2.24. The SMILES string of the molecule is CC(=O)Nc1ccc(-c2ccc(Nc3ccc(N4CCOCC4)cc3)nc2)cc1. The van der Waals surface area contributed by atoms with Gasteiger partial charge in [-0.2, -0.15) is 0 Å². The van der Waals surface area contributed by atoms with Crippen LogP contribution in [0, 0.1) is 0 Å². The molecule has 1 amide bonds. The zero-order valence-electron chi connectivity index (χ0n) is 16.4. The highest BCUT2D eigenvalue weighted by molar-refractivity contribution is 5.89. The minimum absolute atomic E-state index is 0.0761. The van der Waals surface area contributed by atoms with Crippen LogP contribution in [0.25, 0.3) is 11.1 Å². The third-order valence-corrected chi connectivity index (χ3v) is 4.82. The van der Waals surface area contributed by atoms with Crippen molar-refractivity contribution < 1.29 is 9.53 Å². The molecule has 29 heavy (non-hydrogen) atoms. The lowest BCUT2D eigenvalue weighted by Gasteiger charge is -2.28. The Morgan fingerprint density at radius 2 is 1.55 bits per heavy atom. The Morgan fingerprint density at radius 3 is 2.17 bits per heavy atom. The number of morpholine rings is 1. The van der Waals surface area contributed by atoms with E-state index in [4.69, 9.17) is 4.74 Å². The van der Waals surface area contributed by atoms with Gasteiger partial charge in [0.15, 0.2) is 0 Å². The summed E-state index contributed by atoms with van der Waals surface area (Å²) in [6.45, 7) is 4.93. The second-order valence-corrected chi connectivity index (χ2v) is 6.96. The molecule has 4 rings (SSSR count). The van der Waals surface area contributed by atoms with Crippen LogP contribution < -0.4 is 15.5 Å². The smallest absolute Gasteiger partial charge is 0.221 e. The fraction of sp³-hybridized carbons (Fsp3) is 0.217. The lowest BCUT2D eigenvalue weighted by molar-refractivity contribution is -0.114. The molecule has 148 valence electrons. The molecule has 6 heteroatoms. The largest absolute Gasteiger partial charge is 0.378 e. The van der Waals surface area contributed by atoms with Crippen LogP contribution in [-0.4, -0.2) is 37.2 Å². The second-order valence-electron chi connectivity index (χ2n) is 6.96. The van der Waals surface area contributed by atoms with Gasteiger partial charge in [0, 0.05) is 48.8 Å². The lowest BCUT2D eigenvalue weighted by atomic mass is 10.1. The number of ether oxygens (including phenoxy) is 1. The Hall–Kier alpha value is -3.38. The first-order valence-corrected chi connectivity index (χ1v) is 9.71. The summed E-state index contributed by atoms with van der Waals surface area (Å²) >= 11 is 0. The minimum atomic E-state index is -0.0761. The van der Waals surface area contributed by atoms with E-state index in [0.29, 0.717) is 0 Å². The van der Waals surface area contributed by atoms with Crippen molar-refractivity contribution in [1.82, 2.24) is 4.98 Å². The van der Waals surface area contributed by atoms with Gasteiger partial charge < -0.3 is 20.3 Å². The maximum absolute atomic E-state index is 11.1. The Balaban J connectivity index is 1.39. The van der Waals surface area contributed by atoms with Gasteiger partial charge in [0.25, 0.3) is 0 Å². The lowest BCUT2D eigenvalue weighted by Crippen LogP contribution is -2.36. The summed E-state index contributed by atoms with van der Waals surface area (Å²) in [6, 6.07) is 20.1. The number of aromatic nitrogens is 1. The van der Waals surface area contributed by atoms with Gasteiger partial charge in [-0.3, -0.25) is 4.79 Å². The van der Waals surface area contributed by atoms with Gasteiger partial charge >= 0.3 is 0 Å². The number of pyridine rings is 1. The molecule has 6 nitrogen and oxygen atoms in total. The molecule has 0 radical (unpaired) electrons. The molecule has 0 bridgehead atoms. The van der Waals surface area contributed by atoms with Crippen molar-refractivity contribution in [2.24, 2.45) is 0 Å². The first kappa shape index (κ1) is 19.0. The summed E-state index contributed by atoms with van der Waals surface area (Å²) in [4.78, 5) is 18.0. The van der Waals surface area contributed by atoms with Crippen LogP contribution in [0.1, 0.15) is 6.92 Å². The molecule has 0 aliphatic carbocycles. The average Bonchev–Trinajstić information content (AvgIpc) is 2.76. The van der Waals surface area contributed by atoms with E-state index in [-0.39, 0.29) is 5.91 Å². The molecule has 2 heterocycles. The highest BCUT2D eigenvalue weighted by atomic mass is 16.5. The van der Waals surface area contributed by atoms with Crippen molar-refractivity contribution >= 4 is 28.8 Å². The van der Waals surface area contributed by atoms with E-state index in [1.165, 1.54) is 12.6 Å². The molecular weight excluding hydrogens is 364 g/mol. The summed E-state index contributed by atoms with van der Waals surface area (Å²) < 4.78 is 5.41. The van der Waals surface area contributed by atoms with E-state index in [0.717, 1.165) is 54.6 Å². The van der Waals surface area contributed by atoms with Crippen LogP contribution in [0.5, 0.6) is 0 Å². The van der Waals surface area contributed by atoms with Gasteiger partial charge in [-0.1, -0.05) is 12.1 Å². The van der Waals surface area contributed by atoms with Gasteiger partial charge in [0.1, 0.15) is 5.82 Å². The first-order valence-electron chi connectivity index (χ1n) is 9.71. The van der Waals surface area contributed by atoms with Crippen molar-refractivity contribution in [3.8, 4) is 11.1 Å². The summed E-state index contributed by atoms with van der Waals surface area (Å²) in [6.07, 6.45) is 1.85. The molecule has 0 saturated carbocycles. The van der Waals surface area contributed by atoms with Crippen molar-refractivity contribution in [2.75, 3.05) is 41.8 Å². The van der Waals surface area contributed by atoms with Crippen LogP contribution in [0.2, 0.25) is 0 Å². The van der Waals surface area contributed by atoms with Gasteiger partial charge in [0.2, 0.25) is 5.91 Å². The van der Waals surface area contributed by atoms with E-state index in [1.807, 2.05) is 42.6 Å². The molecule has 0 spiro atoms. The molecular formula is C23H24N4O2. The fourth-order valence-corrected chi connectivity index (χ4v) is 3.31. The average molecular weight is 388 g/mol. The number of anilines is 4. The topological polar surface area (TPSA) is 66.5 Å². The quantitative estimate of drug-likeness (QED) is 0.683. The van der Waals surface area contributed by atoms with E-state index in [1.54, 1.807) is 0 Å². The molecule has 0 unspecified atom stereocenters. The summed E-state index contributed by atoms with van der Waals surface area (Å²) in [5.41, 5.74) is 5.07. The van der Waals surface area contributed by atoms with E-state index >= 15 is 0 Å². The van der Waals surface area contributed by atoms with E-state index < -0.39 is 0 Å².